The molecule has 1 heterocycles. The molecule has 2 nitrogen and oxygen atoms in total. The summed E-state index contributed by atoms with van der Waals surface area (Å²) in [4.78, 5) is 0. The molecule has 0 aromatic rings. The van der Waals surface area contributed by atoms with Crippen LogP contribution >= 0.6 is 11.8 Å². The average Bonchev–Trinajstić information content (AvgIpc) is 2.21. The number of hydrogen-bond donors (Lipinski definition) is 2. The molecule has 1 saturated heterocycles. The number of hydrogen-bond acceptors (Lipinski definition) is 3. The lowest BCUT2D eigenvalue weighted by molar-refractivity contribution is -0.0347. The third kappa shape index (κ3) is 4.88. The van der Waals surface area contributed by atoms with E-state index in [1.54, 1.807) is 6.92 Å². The van der Waals surface area contributed by atoms with Crippen molar-refractivity contribution in [2.45, 2.75) is 43.9 Å². The summed E-state index contributed by atoms with van der Waals surface area (Å²) in [5, 5.41) is 1.22. The van der Waals surface area contributed by atoms with E-state index in [1.807, 2.05) is 13.8 Å². The number of nitrogens with two attached hydrogens (primary N) is 1. The van der Waals surface area contributed by atoms with Gasteiger partial charge in [-0.05, 0) is 17.7 Å². The largest absolute Gasteiger partial charge is 0.443 e. The van der Waals surface area contributed by atoms with Crippen LogP contribution in [0.25, 0.3) is 0 Å². The van der Waals surface area contributed by atoms with Crippen LogP contribution in [-0.2, 0) is 0 Å². The molecule has 0 spiro atoms. The topological polar surface area (TPSA) is 38.0 Å². The molecule has 3 N–H and O–H groups in total. The molecule has 98 valence electrons. The number of alkyl halides is 4. The molecule has 4 atom stereocenters. The Morgan fingerprint density at radius 1 is 1.31 bits per heavy atom. The lowest BCUT2D eigenvalue weighted by Crippen LogP contribution is -2.57. The minimum absolute atomic E-state index is 0.143. The molecule has 0 amide bonds. The first-order chi connectivity index (χ1) is 7.31. The van der Waals surface area contributed by atoms with Crippen molar-refractivity contribution in [2.75, 3.05) is 6.54 Å². The van der Waals surface area contributed by atoms with Gasteiger partial charge >= 0.3 is 5.51 Å². The second kappa shape index (κ2) is 6.66. The van der Waals surface area contributed by atoms with Crippen molar-refractivity contribution in [3.05, 3.63) is 0 Å². The van der Waals surface area contributed by atoms with Crippen molar-refractivity contribution in [1.29, 1.82) is 0 Å². The Morgan fingerprint density at radius 3 is 2.25 bits per heavy atom. The summed E-state index contributed by atoms with van der Waals surface area (Å²) >= 11 is -0.375. The molecule has 0 radical (unpaired) electrons. The van der Waals surface area contributed by atoms with Crippen LogP contribution in [-0.4, -0.2) is 29.6 Å². The van der Waals surface area contributed by atoms with E-state index in [0.29, 0.717) is 6.54 Å². The first kappa shape index (κ1) is 16.0. The van der Waals surface area contributed by atoms with Crippen molar-refractivity contribution in [2.24, 2.45) is 11.7 Å². The first-order valence-electron chi connectivity index (χ1n) is 5.19. The maximum Gasteiger partial charge on any atom is 0.443 e. The van der Waals surface area contributed by atoms with E-state index >= 15 is 0 Å². The molecule has 0 saturated carbocycles. The highest BCUT2D eigenvalue weighted by Crippen LogP contribution is 2.37. The van der Waals surface area contributed by atoms with Gasteiger partial charge in [-0.1, -0.05) is 20.8 Å². The predicted octanol–water partition coefficient (Wildman–Crippen LogP) is 2.50. The van der Waals surface area contributed by atoms with Gasteiger partial charge in [-0.15, -0.1) is 0 Å². The molecule has 16 heavy (non-hydrogen) atoms. The highest BCUT2D eigenvalue weighted by Gasteiger charge is 2.42. The summed E-state index contributed by atoms with van der Waals surface area (Å²) in [5.74, 6) is -0.143. The summed E-state index contributed by atoms with van der Waals surface area (Å²) in [5.41, 5.74) is 1.01. The quantitative estimate of drug-likeness (QED) is 0.713. The Kier molecular flexibility index (Phi) is 6.65. The lowest BCUT2D eigenvalue weighted by atomic mass is 9.95. The zero-order valence-electron chi connectivity index (χ0n) is 9.51. The summed E-state index contributed by atoms with van der Waals surface area (Å²) in [6, 6.07) is -0.823. The minimum atomic E-state index is -4.43. The summed E-state index contributed by atoms with van der Waals surface area (Å²) < 4.78 is 49.2. The maximum absolute atomic E-state index is 13.3. The van der Waals surface area contributed by atoms with E-state index < -0.39 is 23.1 Å². The molecule has 1 aliphatic heterocycles. The molecule has 1 rings (SSSR count). The van der Waals surface area contributed by atoms with Crippen LogP contribution in [0.5, 0.6) is 0 Å². The molecule has 4 unspecified atom stereocenters. The van der Waals surface area contributed by atoms with Crippen LogP contribution in [0.2, 0.25) is 0 Å². The number of nitrogens with one attached hydrogen (secondary N) is 1. The fraction of sp³-hybridized carbons (Fsp3) is 1.00. The number of rotatable bonds is 1. The highest BCUT2D eigenvalue weighted by molar-refractivity contribution is 8.00. The van der Waals surface area contributed by atoms with Crippen molar-refractivity contribution in [3.8, 4) is 0 Å². The number of halogens is 4. The van der Waals surface area contributed by atoms with Crippen LogP contribution in [0.3, 0.4) is 0 Å². The smallest absolute Gasteiger partial charge is 0.325 e. The maximum atomic E-state index is 13.3. The van der Waals surface area contributed by atoms with E-state index in [1.165, 1.54) is 0 Å². The number of piperidine rings is 1. The van der Waals surface area contributed by atoms with E-state index in [4.69, 9.17) is 5.73 Å². The molecular weight excluding hydrogens is 244 g/mol. The summed E-state index contributed by atoms with van der Waals surface area (Å²) in [6.45, 7) is 6.02. The third-order valence-electron chi connectivity index (χ3n) is 2.22. The molecule has 1 aliphatic rings. The second-order valence-corrected chi connectivity index (χ2v) is 4.60. The van der Waals surface area contributed by atoms with Gasteiger partial charge in [-0.2, -0.15) is 13.2 Å². The zero-order chi connectivity index (χ0) is 12.9. The Labute approximate surface area is 97.3 Å². The van der Waals surface area contributed by atoms with Crippen LogP contribution in [0.1, 0.15) is 20.8 Å². The van der Waals surface area contributed by atoms with Gasteiger partial charge < -0.3 is 11.1 Å². The van der Waals surface area contributed by atoms with Gasteiger partial charge in [0.25, 0.3) is 0 Å². The highest BCUT2D eigenvalue weighted by atomic mass is 32.2. The van der Waals surface area contributed by atoms with Gasteiger partial charge in [0.2, 0.25) is 0 Å². The van der Waals surface area contributed by atoms with Crippen LogP contribution < -0.4 is 11.1 Å². The van der Waals surface area contributed by atoms with Crippen LogP contribution in [0.4, 0.5) is 17.6 Å². The second-order valence-electron chi connectivity index (χ2n) is 3.39. The standard InChI is InChI=1S/C7H12F4N2S.C2H6/c1-3-2-13-6(4(8)5(3)12)14-7(9,10)11;1-2/h3-6,13H,2,12H2,1H3;1-2H3. The fourth-order valence-electron chi connectivity index (χ4n) is 1.32. The van der Waals surface area contributed by atoms with E-state index in [2.05, 4.69) is 5.32 Å². The van der Waals surface area contributed by atoms with E-state index in [-0.39, 0.29) is 17.7 Å². The van der Waals surface area contributed by atoms with Gasteiger partial charge in [-0.3, -0.25) is 0 Å². The van der Waals surface area contributed by atoms with Gasteiger partial charge in [0.15, 0.2) is 0 Å². The first-order valence-corrected chi connectivity index (χ1v) is 6.07. The van der Waals surface area contributed by atoms with Gasteiger partial charge in [0.1, 0.15) is 6.17 Å². The van der Waals surface area contributed by atoms with Crippen molar-refractivity contribution in [3.63, 3.8) is 0 Å². The van der Waals surface area contributed by atoms with Crippen molar-refractivity contribution in [1.82, 2.24) is 5.32 Å². The molecular formula is C9H18F4N2S. The third-order valence-corrected chi connectivity index (χ3v) is 3.16. The minimum Gasteiger partial charge on any atom is -0.325 e. The van der Waals surface area contributed by atoms with E-state index in [9.17, 15) is 17.6 Å². The monoisotopic (exact) mass is 262 g/mol. The van der Waals surface area contributed by atoms with Crippen LogP contribution in [0, 0.1) is 5.92 Å². The molecule has 0 aromatic carbocycles. The zero-order valence-corrected chi connectivity index (χ0v) is 10.3. The SMILES string of the molecule is CC.CC1CNC(SC(F)(F)F)C(F)C1N. The Bertz CT molecular complexity index is 200. The Hall–Kier alpha value is -0.0100. The molecule has 1 fully saturated rings. The Balaban J connectivity index is 0.00000106. The van der Waals surface area contributed by atoms with Gasteiger partial charge in [0, 0.05) is 12.6 Å². The summed E-state index contributed by atoms with van der Waals surface area (Å²) in [6.07, 6.45) is -1.66. The molecule has 0 aromatic heterocycles. The fourth-order valence-corrected chi connectivity index (χ4v) is 2.10. The number of thioether (sulfide) groups is 1. The molecule has 7 heteroatoms. The molecule has 0 bridgehead atoms. The normalized spacial score (nSPS) is 35.2. The van der Waals surface area contributed by atoms with Crippen molar-refractivity contribution >= 4 is 11.8 Å². The average molecular weight is 262 g/mol. The molecule has 0 aliphatic carbocycles. The summed E-state index contributed by atoms with van der Waals surface area (Å²) in [7, 11) is 0. The predicted molar refractivity (Wildman–Crippen MR) is 58.8 cm³/mol. The van der Waals surface area contributed by atoms with E-state index in [0.717, 1.165) is 0 Å². The van der Waals surface area contributed by atoms with Gasteiger partial charge in [-0.25, -0.2) is 4.39 Å². The van der Waals surface area contributed by atoms with Crippen molar-refractivity contribution < 1.29 is 17.6 Å². The Morgan fingerprint density at radius 2 is 1.81 bits per heavy atom. The van der Waals surface area contributed by atoms with Crippen LogP contribution in [0.15, 0.2) is 0 Å². The lowest BCUT2D eigenvalue weighted by Gasteiger charge is -2.36. The van der Waals surface area contributed by atoms with Gasteiger partial charge in [0.05, 0.1) is 5.37 Å².